The minimum Gasteiger partial charge on any atom is -0.493 e. The average molecular weight is 339 g/mol. The summed E-state index contributed by atoms with van der Waals surface area (Å²) in [4.78, 5) is 15.4. The molecular weight excluding hydrogens is 323 g/mol. The molecule has 2 rings (SSSR count). The predicted molar refractivity (Wildman–Crippen MR) is 81.2 cm³/mol. The number of methoxy groups -OCH3 is 2. The molecule has 7 heteroatoms. The summed E-state index contributed by atoms with van der Waals surface area (Å²) in [7, 11) is 3.01. The van der Waals surface area contributed by atoms with E-state index in [1.54, 1.807) is 18.2 Å². The second kappa shape index (κ2) is 7.33. The lowest BCUT2D eigenvalue weighted by Crippen LogP contribution is -2.10. The number of ether oxygens (including phenoxy) is 2. The van der Waals surface area contributed by atoms with Crippen LogP contribution in [-0.2, 0) is 23.8 Å². The lowest BCUT2D eigenvalue weighted by Gasteiger charge is -2.09. The van der Waals surface area contributed by atoms with Gasteiger partial charge in [-0.25, -0.2) is 0 Å². The first-order chi connectivity index (χ1) is 11.3. The minimum absolute atomic E-state index is 0.0134. The summed E-state index contributed by atoms with van der Waals surface area (Å²) in [6.07, 6.45) is -3.25. The van der Waals surface area contributed by atoms with Gasteiger partial charge in [0, 0.05) is 19.0 Å². The van der Waals surface area contributed by atoms with Gasteiger partial charge in [-0.15, -0.1) is 0 Å². The van der Waals surface area contributed by atoms with Gasteiger partial charge < -0.3 is 9.47 Å². The van der Waals surface area contributed by atoms with Crippen LogP contribution in [0, 0.1) is 0 Å². The molecule has 0 saturated carbocycles. The van der Waals surface area contributed by atoms with Crippen LogP contribution < -0.4 is 9.47 Å². The lowest BCUT2D eigenvalue weighted by molar-refractivity contribution is -0.141. The number of carbonyl (C=O) groups excluding carboxylic acids is 1. The number of ketones is 1. The Labute approximate surface area is 137 Å². The van der Waals surface area contributed by atoms with E-state index in [-0.39, 0.29) is 18.6 Å². The Bertz CT molecular complexity index is 712. The highest BCUT2D eigenvalue weighted by atomic mass is 19.4. The maximum Gasteiger partial charge on any atom is 0.433 e. The summed E-state index contributed by atoms with van der Waals surface area (Å²) in [5.74, 6) is 0.934. The van der Waals surface area contributed by atoms with Crippen LogP contribution in [0.15, 0.2) is 36.5 Å². The van der Waals surface area contributed by atoms with Gasteiger partial charge in [0.05, 0.1) is 14.2 Å². The molecule has 0 spiro atoms. The van der Waals surface area contributed by atoms with Crippen molar-refractivity contribution in [2.75, 3.05) is 14.2 Å². The van der Waals surface area contributed by atoms with Crippen molar-refractivity contribution in [3.63, 3.8) is 0 Å². The molecule has 0 atom stereocenters. The molecule has 1 aromatic heterocycles. The fraction of sp³-hybridized carbons (Fsp3) is 0.294. The zero-order valence-electron chi connectivity index (χ0n) is 13.2. The molecule has 1 heterocycles. The summed E-state index contributed by atoms with van der Waals surface area (Å²) in [6, 6.07) is 7.27. The van der Waals surface area contributed by atoms with Crippen molar-refractivity contribution >= 4 is 5.78 Å². The molecule has 128 valence electrons. The molecule has 0 unspecified atom stereocenters. The van der Waals surface area contributed by atoms with E-state index < -0.39 is 11.9 Å². The number of aromatic nitrogens is 1. The maximum atomic E-state index is 12.5. The second-order valence-electron chi connectivity index (χ2n) is 5.13. The third kappa shape index (κ3) is 4.47. The second-order valence-corrected chi connectivity index (χ2v) is 5.13. The van der Waals surface area contributed by atoms with Crippen LogP contribution in [0.5, 0.6) is 11.5 Å². The first-order valence-electron chi connectivity index (χ1n) is 7.08. The topological polar surface area (TPSA) is 48.4 Å². The summed E-state index contributed by atoms with van der Waals surface area (Å²) in [5.41, 5.74) is 0.199. The SMILES string of the molecule is COc1ccc(CC(=O)Cc2ccc(C(F)(F)F)nc2)cc1OC. The van der Waals surface area contributed by atoms with Crippen LogP contribution >= 0.6 is 0 Å². The van der Waals surface area contributed by atoms with Gasteiger partial charge in [-0.2, -0.15) is 13.2 Å². The van der Waals surface area contributed by atoms with E-state index in [9.17, 15) is 18.0 Å². The number of carbonyl (C=O) groups is 1. The fourth-order valence-electron chi connectivity index (χ4n) is 2.21. The molecule has 0 bridgehead atoms. The van der Waals surface area contributed by atoms with Gasteiger partial charge in [0.25, 0.3) is 0 Å². The number of hydrogen-bond donors (Lipinski definition) is 0. The molecule has 0 aliphatic rings. The van der Waals surface area contributed by atoms with Gasteiger partial charge in [0.1, 0.15) is 11.5 Å². The molecule has 0 N–H and O–H groups in total. The number of hydrogen-bond acceptors (Lipinski definition) is 4. The van der Waals surface area contributed by atoms with Crippen LogP contribution in [0.4, 0.5) is 13.2 Å². The number of nitrogens with zero attached hydrogens (tertiary/aromatic N) is 1. The van der Waals surface area contributed by atoms with E-state index in [1.807, 2.05) is 0 Å². The van der Waals surface area contributed by atoms with Gasteiger partial charge in [-0.05, 0) is 29.3 Å². The van der Waals surface area contributed by atoms with E-state index in [0.29, 0.717) is 17.1 Å². The summed E-state index contributed by atoms with van der Waals surface area (Å²) < 4.78 is 47.6. The Morgan fingerprint density at radius 3 is 2.17 bits per heavy atom. The molecule has 0 radical (unpaired) electrons. The third-order valence-corrected chi connectivity index (χ3v) is 3.37. The van der Waals surface area contributed by atoms with Crippen LogP contribution in [-0.4, -0.2) is 25.0 Å². The summed E-state index contributed by atoms with van der Waals surface area (Å²) in [5, 5.41) is 0. The highest BCUT2D eigenvalue weighted by Gasteiger charge is 2.32. The average Bonchev–Trinajstić information content (AvgIpc) is 2.54. The molecule has 0 aliphatic heterocycles. The lowest BCUT2D eigenvalue weighted by atomic mass is 10.0. The largest absolute Gasteiger partial charge is 0.493 e. The molecule has 4 nitrogen and oxygen atoms in total. The molecule has 0 fully saturated rings. The monoisotopic (exact) mass is 339 g/mol. The van der Waals surface area contributed by atoms with Crippen molar-refractivity contribution in [1.29, 1.82) is 0 Å². The van der Waals surface area contributed by atoms with Crippen LogP contribution in [0.2, 0.25) is 0 Å². The minimum atomic E-state index is -4.48. The summed E-state index contributed by atoms with van der Waals surface area (Å²) in [6.45, 7) is 0. The molecule has 0 amide bonds. The third-order valence-electron chi connectivity index (χ3n) is 3.37. The molecule has 24 heavy (non-hydrogen) atoms. The molecular formula is C17H16F3NO3. The Morgan fingerprint density at radius 2 is 1.62 bits per heavy atom. The number of alkyl halides is 3. The highest BCUT2D eigenvalue weighted by molar-refractivity contribution is 5.83. The van der Waals surface area contributed by atoms with Gasteiger partial charge in [-0.3, -0.25) is 9.78 Å². The van der Waals surface area contributed by atoms with Crippen LogP contribution in [0.3, 0.4) is 0 Å². The number of rotatable bonds is 6. The van der Waals surface area contributed by atoms with E-state index >= 15 is 0 Å². The zero-order valence-corrected chi connectivity index (χ0v) is 13.2. The Balaban J connectivity index is 2.03. The van der Waals surface area contributed by atoms with Crippen LogP contribution in [0.1, 0.15) is 16.8 Å². The Hall–Kier alpha value is -2.57. The van der Waals surface area contributed by atoms with Crippen LogP contribution in [0.25, 0.3) is 0 Å². The van der Waals surface area contributed by atoms with Crippen molar-refractivity contribution in [2.45, 2.75) is 19.0 Å². The Morgan fingerprint density at radius 1 is 1.00 bits per heavy atom. The summed E-state index contributed by atoms with van der Waals surface area (Å²) >= 11 is 0. The predicted octanol–water partition coefficient (Wildman–Crippen LogP) is 3.47. The first-order valence-corrected chi connectivity index (χ1v) is 7.08. The Kier molecular flexibility index (Phi) is 5.43. The van der Waals surface area contributed by atoms with E-state index in [2.05, 4.69) is 4.98 Å². The van der Waals surface area contributed by atoms with Gasteiger partial charge in [0.2, 0.25) is 0 Å². The quantitative estimate of drug-likeness (QED) is 0.809. The van der Waals surface area contributed by atoms with Crippen molar-refractivity contribution in [3.8, 4) is 11.5 Å². The molecule has 0 saturated heterocycles. The smallest absolute Gasteiger partial charge is 0.433 e. The van der Waals surface area contributed by atoms with Gasteiger partial charge in [-0.1, -0.05) is 12.1 Å². The first kappa shape index (κ1) is 17.8. The zero-order chi connectivity index (χ0) is 17.7. The van der Waals surface area contributed by atoms with E-state index in [4.69, 9.17) is 9.47 Å². The molecule has 1 aromatic carbocycles. The van der Waals surface area contributed by atoms with Gasteiger partial charge >= 0.3 is 6.18 Å². The van der Waals surface area contributed by atoms with Crippen molar-refractivity contribution in [3.05, 3.63) is 53.3 Å². The van der Waals surface area contributed by atoms with E-state index in [0.717, 1.165) is 17.8 Å². The fourth-order valence-corrected chi connectivity index (χ4v) is 2.21. The van der Waals surface area contributed by atoms with Crippen molar-refractivity contribution in [1.82, 2.24) is 4.98 Å². The number of pyridine rings is 1. The number of Topliss-reactive ketones (excluding diaryl/α,β-unsaturated/α-hetero) is 1. The number of halogens is 3. The normalized spacial score (nSPS) is 11.2. The van der Waals surface area contributed by atoms with Crippen molar-refractivity contribution < 1.29 is 27.4 Å². The van der Waals surface area contributed by atoms with Crippen molar-refractivity contribution in [2.24, 2.45) is 0 Å². The maximum absolute atomic E-state index is 12.5. The highest BCUT2D eigenvalue weighted by Crippen LogP contribution is 2.28. The number of benzene rings is 1. The van der Waals surface area contributed by atoms with E-state index in [1.165, 1.54) is 20.3 Å². The van der Waals surface area contributed by atoms with Gasteiger partial charge in [0.15, 0.2) is 11.5 Å². The molecule has 2 aromatic rings. The molecule has 0 aliphatic carbocycles. The standard InChI is InChI=1S/C17H16F3NO3/c1-23-14-5-3-11(9-15(14)24-2)7-13(22)8-12-4-6-16(21-10-12)17(18,19)20/h3-6,9-10H,7-8H2,1-2H3.